The van der Waals surface area contributed by atoms with Crippen LogP contribution in [0.25, 0.3) is 0 Å². The third-order valence-electron chi connectivity index (χ3n) is 3.71. The number of nitrogens with one attached hydrogen (secondary N) is 2. The summed E-state index contributed by atoms with van der Waals surface area (Å²) in [4.78, 5) is 25.9. The van der Waals surface area contributed by atoms with Crippen LogP contribution >= 0.6 is 0 Å². The van der Waals surface area contributed by atoms with Gasteiger partial charge in [0, 0.05) is 11.8 Å². The predicted octanol–water partition coefficient (Wildman–Crippen LogP) is 3.32. The van der Waals surface area contributed by atoms with E-state index in [4.69, 9.17) is 4.74 Å². The second-order valence-corrected chi connectivity index (χ2v) is 6.74. The molecule has 0 bridgehead atoms. The summed E-state index contributed by atoms with van der Waals surface area (Å²) in [6, 6.07) is 9.52. The first-order valence-electron chi connectivity index (χ1n) is 7.98. The van der Waals surface area contributed by atoms with Crippen molar-refractivity contribution >= 4 is 11.7 Å². The van der Waals surface area contributed by atoms with Crippen LogP contribution in [0.15, 0.2) is 36.5 Å². The van der Waals surface area contributed by atoms with Crippen LogP contribution in [0.2, 0.25) is 0 Å². The van der Waals surface area contributed by atoms with Crippen molar-refractivity contribution in [2.24, 2.45) is 0 Å². The van der Waals surface area contributed by atoms with Gasteiger partial charge in [0.1, 0.15) is 18.1 Å². The van der Waals surface area contributed by atoms with Gasteiger partial charge < -0.3 is 15.0 Å². The van der Waals surface area contributed by atoms with Crippen molar-refractivity contribution in [1.82, 2.24) is 10.3 Å². The molecule has 0 atom stereocenters. The molecule has 0 spiro atoms. The van der Waals surface area contributed by atoms with E-state index >= 15 is 0 Å². The van der Waals surface area contributed by atoms with Gasteiger partial charge in [-0.3, -0.25) is 9.59 Å². The van der Waals surface area contributed by atoms with Gasteiger partial charge in [0.15, 0.2) is 5.78 Å². The van der Waals surface area contributed by atoms with E-state index in [1.54, 1.807) is 6.07 Å². The number of ketones is 1. The number of aromatic amines is 1. The van der Waals surface area contributed by atoms with Crippen molar-refractivity contribution < 1.29 is 14.3 Å². The number of rotatable bonds is 6. The standard InChI is InChI=1S/C19H24N2O3/c1-13(22)14-11-17(21-12-14)18(23)20-9-10-24-16-7-5-15(6-8-16)19(2,3)4/h5-8,11-12,21H,9-10H2,1-4H3,(H,20,23). The Balaban J connectivity index is 1.78. The van der Waals surface area contributed by atoms with E-state index in [0.717, 1.165) is 5.75 Å². The van der Waals surface area contributed by atoms with E-state index in [2.05, 4.69) is 43.2 Å². The molecule has 24 heavy (non-hydrogen) atoms. The zero-order valence-corrected chi connectivity index (χ0v) is 14.6. The van der Waals surface area contributed by atoms with Crippen molar-refractivity contribution in [2.75, 3.05) is 13.2 Å². The second-order valence-electron chi connectivity index (χ2n) is 6.74. The van der Waals surface area contributed by atoms with E-state index in [0.29, 0.717) is 24.4 Å². The smallest absolute Gasteiger partial charge is 0.267 e. The average Bonchev–Trinajstić information content (AvgIpc) is 3.01. The predicted molar refractivity (Wildman–Crippen MR) is 93.8 cm³/mol. The number of carbonyl (C=O) groups is 2. The normalized spacial score (nSPS) is 11.2. The molecular weight excluding hydrogens is 304 g/mol. The van der Waals surface area contributed by atoms with Crippen LogP contribution in [0.4, 0.5) is 0 Å². The molecule has 0 saturated carbocycles. The number of carbonyl (C=O) groups excluding carboxylic acids is 2. The van der Waals surface area contributed by atoms with Gasteiger partial charge >= 0.3 is 0 Å². The summed E-state index contributed by atoms with van der Waals surface area (Å²) >= 11 is 0. The van der Waals surface area contributed by atoms with Crippen molar-refractivity contribution in [3.63, 3.8) is 0 Å². The van der Waals surface area contributed by atoms with Crippen molar-refractivity contribution in [2.45, 2.75) is 33.1 Å². The molecule has 2 rings (SSSR count). The van der Waals surface area contributed by atoms with Crippen molar-refractivity contribution in [3.8, 4) is 5.75 Å². The summed E-state index contributed by atoms with van der Waals surface area (Å²) < 4.78 is 5.62. The average molecular weight is 328 g/mol. The van der Waals surface area contributed by atoms with E-state index in [1.165, 1.54) is 18.7 Å². The molecule has 128 valence electrons. The molecule has 1 heterocycles. The van der Waals surface area contributed by atoms with E-state index in [-0.39, 0.29) is 17.1 Å². The highest BCUT2D eigenvalue weighted by molar-refractivity contribution is 5.99. The van der Waals surface area contributed by atoms with E-state index in [1.807, 2.05) is 12.1 Å². The molecule has 0 aliphatic heterocycles. The summed E-state index contributed by atoms with van der Waals surface area (Å²) in [6.45, 7) is 8.71. The lowest BCUT2D eigenvalue weighted by Crippen LogP contribution is -2.28. The first-order chi connectivity index (χ1) is 11.3. The summed E-state index contributed by atoms with van der Waals surface area (Å²) in [6.07, 6.45) is 1.53. The Hall–Kier alpha value is -2.56. The topological polar surface area (TPSA) is 71.2 Å². The molecule has 1 aromatic carbocycles. The van der Waals surface area contributed by atoms with Crippen LogP contribution in [-0.4, -0.2) is 29.8 Å². The highest BCUT2D eigenvalue weighted by Crippen LogP contribution is 2.24. The molecule has 1 aromatic heterocycles. The van der Waals surface area contributed by atoms with Crippen LogP contribution in [-0.2, 0) is 5.41 Å². The maximum atomic E-state index is 11.9. The Bertz CT molecular complexity index is 709. The third-order valence-corrected chi connectivity index (χ3v) is 3.71. The van der Waals surface area contributed by atoms with Crippen molar-refractivity contribution in [3.05, 3.63) is 53.3 Å². The SMILES string of the molecule is CC(=O)c1c[nH]c(C(=O)NCCOc2ccc(C(C)(C)C)cc2)c1. The maximum Gasteiger partial charge on any atom is 0.267 e. The van der Waals surface area contributed by atoms with Gasteiger partial charge in [-0.2, -0.15) is 0 Å². The monoisotopic (exact) mass is 328 g/mol. The molecule has 5 nitrogen and oxygen atoms in total. The minimum absolute atomic E-state index is 0.0765. The Morgan fingerprint density at radius 1 is 1.17 bits per heavy atom. The Kier molecular flexibility index (Phi) is 5.44. The molecule has 2 aromatic rings. The summed E-state index contributed by atoms with van der Waals surface area (Å²) in [7, 11) is 0. The van der Waals surface area contributed by atoms with Gasteiger partial charge in [0.05, 0.1) is 6.54 Å². The molecular formula is C19H24N2O3. The fourth-order valence-electron chi connectivity index (χ4n) is 2.21. The lowest BCUT2D eigenvalue weighted by Gasteiger charge is -2.19. The molecule has 5 heteroatoms. The molecule has 1 amide bonds. The highest BCUT2D eigenvalue weighted by Gasteiger charge is 2.13. The zero-order chi connectivity index (χ0) is 17.7. The number of H-pyrrole nitrogens is 1. The number of ether oxygens (including phenoxy) is 1. The van der Waals surface area contributed by atoms with Gasteiger partial charge in [-0.25, -0.2) is 0 Å². The fraction of sp³-hybridized carbons (Fsp3) is 0.368. The third kappa shape index (κ3) is 4.72. The minimum atomic E-state index is -0.255. The molecule has 0 aliphatic rings. The van der Waals surface area contributed by atoms with Gasteiger partial charge in [-0.15, -0.1) is 0 Å². The van der Waals surface area contributed by atoms with Crippen LogP contribution < -0.4 is 10.1 Å². The number of Topliss-reactive ketones (excluding diaryl/α,β-unsaturated/α-hetero) is 1. The van der Waals surface area contributed by atoms with Crippen molar-refractivity contribution in [1.29, 1.82) is 0 Å². The number of hydrogen-bond donors (Lipinski definition) is 2. The molecule has 0 saturated heterocycles. The molecule has 0 fully saturated rings. The number of benzene rings is 1. The Morgan fingerprint density at radius 2 is 1.83 bits per heavy atom. The van der Waals surface area contributed by atoms with Crippen LogP contribution in [0.1, 0.15) is 54.1 Å². The summed E-state index contributed by atoms with van der Waals surface area (Å²) in [5.74, 6) is 0.442. The van der Waals surface area contributed by atoms with Gasteiger partial charge in [-0.1, -0.05) is 32.9 Å². The van der Waals surface area contributed by atoms with Crippen LogP contribution in [0.5, 0.6) is 5.75 Å². The first kappa shape index (κ1) is 17.8. The van der Waals surface area contributed by atoms with Gasteiger partial charge in [0.25, 0.3) is 5.91 Å². The quantitative estimate of drug-likeness (QED) is 0.631. The van der Waals surface area contributed by atoms with E-state index in [9.17, 15) is 9.59 Å². The fourth-order valence-corrected chi connectivity index (χ4v) is 2.21. The largest absolute Gasteiger partial charge is 0.492 e. The lowest BCUT2D eigenvalue weighted by atomic mass is 9.87. The van der Waals surface area contributed by atoms with E-state index < -0.39 is 0 Å². The molecule has 2 N–H and O–H groups in total. The number of hydrogen-bond acceptors (Lipinski definition) is 3. The molecule has 0 radical (unpaired) electrons. The van der Waals surface area contributed by atoms with Crippen LogP contribution in [0, 0.1) is 0 Å². The number of aromatic nitrogens is 1. The summed E-state index contributed by atoms with van der Waals surface area (Å²) in [5.41, 5.74) is 2.22. The zero-order valence-electron chi connectivity index (χ0n) is 14.6. The highest BCUT2D eigenvalue weighted by atomic mass is 16.5. The van der Waals surface area contributed by atoms with Gasteiger partial charge in [0.2, 0.25) is 0 Å². The Labute approximate surface area is 142 Å². The maximum absolute atomic E-state index is 11.9. The summed E-state index contributed by atoms with van der Waals surface area (Å²) in [5, 5.41) is 2.75. The Morgan fingerprint density at radius 3 is 2.38 bits per heavy atom. The molecule has 0 unspecified atom stereocenters. The second kappa shape index (κ2) is 7.34. The first-order valence-corrected chi connectivity index (χ1v) is 7.98. The molecule has 0 aliphatic carbocycles. The van der Waals surface area contributed by atoms with Gasteiger partial charge in [-0.05, 0) is 36.1 Å². The number of amides is 1. The van der Waals surface area contributed by atoms with Crippen LogP contribution in [0.3, 0.4) is 0 Å². The minimum Gasteiger partial charge on any atom is -0.492 e. The lowest BCUT2D eigenvalue weighted by molar-refractivity contribution is 0.0942.